The van der Waals surface area contributed by atoms with Gasteiger partial charge in [0, 0.05) is 51.9 Å². The molecule has 2 aliphatic rings. The predicted molar refractivity (Wildman–Crippen MR) is 99.5 cm³/mol. The summed E-state index contributed by atoms with van der Waals surface area (Å²) in [6.45, 7) is 3.20. The topological polar surface area (TPSA) is 73.4 Å². The van der Waals surface area contributed by atoms with Crippen LogP contribution in [0.1, 0.15) is 60.2 Å². The first-order valence-corrected chi connectivity index (χ1v) is 10.0. The van der Waals surface area contributed by atoms with Gasteiger partial charge >= 0.3 is 0 Å². The van der Waals surface area contributed by atoms with Crippen LogP contribution in [0, 0.1) is 5.92 Å². The average molecular weight is 372 g/mol. The van der Waals surface area contributed by atoms with Crippen molar-refractivity contribution in [2.75, 3.05) is 26.3 Å². The molecule has 1 amide bonds. The van der Waals surface area contributed by atoms with Crippen LogP contribution in [0.4, 0.5) is 0 Å². The average Bonchev–Trinajstić information content (AvgIpc) is 3.36. The van der Waals surface area contributed by atoms with Gasteiger partial charge in [-0.25, -0.2) is 0 Å². The van der Waals surface area contributed by atoms with Gasteiger partial charge in [-0.05, 0) is 50.2 Å². The maximum absolute atomic E-state index is 12.7. The molecule has 146 valence electrons. The third-order valence-electron chi connectivity index (χ3n) is 5.80. The number of hydrogen-bond donors (Lipinski definition) is 0. The van der Waals surface area contributed by atoms with Crippen LogP contribution in [0.3, 0.4) is 0 Å². The first kappa shape index (κ1) is 18.2. The highest BCUT2D eigenvalue weighted by atomic mass is 16.5. The molecule has 2 saturated heterocycles. The Morgan fingerprint density at radius 2 is 2.15 bits per heavy atom. The summed E-state index contributed by atoms with van der Waals surface area (Å²) in [5, 5.41) is 4.17. The van der Waals surface area contributed by atoms with E-state index in [0.717, 1.165) is 82.2 Å². The Morgan fingerprint density at radius 3 is 2.93 bits per heavy atom. The zero-order valence-electron chi connectivity index (χ0n) is 16.0. The number of ether oxygens (including phenoxy) is 1. The maximum Gasteiger partial charge on any atom is 0.270 e. The molecule has 0 bridgehead atoms. The van der Waals surface area contributed by atoms with E-state index in [1.54, 1.807) is 0 Å². The van der Waals surface area contributed by atoms with Crippen molar-refractivity contribution in [3.05, 3.63) is 35.7 Å². The van der Waals surface area contributed by atoms with E-state index in [2.05, 4.69) is 10.1 Å². The van der Waals surface area contributed by atoms with E-state index in [0.29, 0.717) is 11.8 Å². The molecule has 0 radical (unpaired) electrons. The van der Waals surface area contributed by atoms with Crippen LogP contribution in [0.2, 0.25) is 0 Å². The van der Waals surface area contributed by atoms with E-state index in [1.807, 2.05) is 34.8 Å². The van der Waals surface area contributed by atoms with Crippen LogP contribution in [-0.2, 0) is 18.2 Å². The molecule has 2 aromatic heterocycles. The summed E-state index contributed by atoms with van der Waals surface area (Å²) in [5.41, 5.74) is 0.759. The summed E-state index contributed by atoms with van der Waals surface area (Å²) in [6, 6.07) is 3.81. The maximum atomic E-state index is 12.7. The van der Waals surface area contributed by atoms with Gasteiger partial charge in [0.05, 0.1) is 0 Å². The van der Waals surface area contributed by atoms with Crippen LogP contribution in [0.5, 0.6) is 0 Å². The minimum absolute atomic E-state index is 0.133. The van der Waals surface area contributed by atoms with Gasteiger partial charge < -0.3 is 18.7 Å². The number of nitrogens with zero attached hydrogens (tertiary/aromatic N) is 4. The second-order valence-electron chi connectivity index (χ2n) is 7.74. The molecule has 2 aliphatic heterocycles. The molecule has 1 unspecified atom stereocenters. The SMILES string of the molecule is Cn1cccc1C(=O)N1CCCC(CCc2noc(C3CCOCC3)n2)C1. The van der Waals surface area contributed by atoms with E-state index in [9.17, 15) is 4.79 Å². The molecular weight excluding hydrogens is 344 g/mol. The van der Waals surface area contributed by atoms with E-state index in [4.69, 9.17) is 9.26 Å². The Labute approximate surface area is 159 Å². The molecule has 4 heterocycles. The summed E-state index contributed by atoms with van der Waals surface area (Å²) in [5.74, 6) is 2.52. The van der Waals surface area contributed by atoms with Crippen LogP contribution in [0.25, 0.3) is 0 Å². The molecule has 2 fully saturated rings. The molecule has 27 heavy (non-hydrogen) atoms. The standard InChI is InChI=1S/C20H28N4O3/c1-23-10-3-5-17(23)20(25)24-11-2-4-15(14-24)6-7-18-21-19(27-22-18)16-8-12-26-13-9-16/h3,5,10,15-16H,2,4,6-9,11-14H2,1H3. The fraction of sp³-hybridized carbons (Fsp3) is 0.650. The monoisotopic (exact) mass is 372 g/mol. The first-order valence-electron chi connectivity index (χ1n) is 10.0. The lowest BCUT2D eigenvalue weighted by atomic mass is 9.93. The Morgan fingerprint density at radius 1 is 1.30 bits per heavy atom. The quantitative estimate of drug-likeness (QED) is 0.807. The Hall–Kier alpha value is -2.15. The number of aromatic nitrogens is 3. The van der Waals surface area contributed by atoms with Crippen LogP contribution >= 0.6 is 0 Å². The van der Waals surface area contributed by atoms with Crippen molar-refractivity contribution in [1.82, 2.24) is 19.6 Å². The highest BCUT2D eigenvalue weighted by molar-refractivity contribution is 5.92. The van der Waals surface area contributed by atoms with Crippen molar-refractivity contribution in [2.24, 2.45) is 13.0 Å². The molecule has 4 rings (SSSR count). The molecule has 0 aromatic carbocycles. The molecular formula is C20H28N4O3. The number of piperidine rings is 1. The Kier molecular flexibility index (Phi) is 5.57. The lowest BCUT2D eigenvalue weighted by Crippen LogP contribution is -2.40. The van der Waals surface area contributed by atoms with E-state index in [1.165, 1.54) is 0 Å². The minimum atomic E-state index is 0.133. The highest BCUT2D eigenvalue weighted by Gasteiger charge is 2.26. The van der Waals surface area contributed by atoms with Crippen molar-refractivity contribution in [2.45, 2.75) is 44.4 Å². The highest BCUT2D eigenvalue weighted by Crippen LogP contribution is 2.26. The minimum Gasteiger partial charge on any atom is -0.381 e. The van der Waals surface area contributed by atoms with Gasteiger partial charge in [0.25, 0.3) is 5.91 Å². The molecule has 0 spiro atoms. The zero-order valence-corrected chi connectivity index (χ0v) is 16.0. The van der Waals surface area contributed by atoms with Crippen molar-refractivity contribution < 1.29 is 14.1 Å². The van der Waals surface area contributed by atoms with E-state index in [-0.39, 0.29) is 5.91 Å². The zero-order chi connectivity index (χ0) is 18.6. The van der Waals surface area contributed by atoms with Crippen molar-refractivity contribution in [1.29, 1.82) is 0 Å². The number of aryl methyl sites for hydroxylation is 2. The lowest BCUT2D eigenvalue weighted by molar-refractivity contribution is 0.0658. The number of likely N-dealkylation sites (tertiary alicyclic amines) is 1. The van der Waals surface area contributed by atoms with E-state index < -0.39 is 0 Å². The number of rotatable bonds is 5. The number of amides is 1. The molecule has 1 atom stereocenters. The molecule has 7 nitrogen and oxygen atoms in total. The van der Waals surface area contributed by atoms with Gasteiger partial charge in [-0.15, -0.1) is 0 Å². The van der Waals surface area contributed by atoms with Crippen molar-refractivity contribution in [3.63, 3.8) is 0 Å². The summed E-state index contributed by atoms with van der Waals surface area (Å²) < 4.78 is 12.8. The largest absolute Gasteiger partial charge is 0.381 e. The second kappa shape index (κ2) is 8.25. The lowest BCUT2D eigenvalue weighted by Gasteiger charge is -2.32. The third-order valence-corrected chi connectivity index (χ3v) is 5.80. The van der Waals surface area contributed by atoms with Gasteiger partial charge in [-0.3, -0.25) is 4.79 Å². The van der Waals surface area contributed by atoms with Crippen LogP contribution in [-0.4, -0.2) is 51.8 Å². The normalized spacial score (nSPS) is 21.5. The Balaban J connectivity index is 1.30. The van der Waals surface area contributed by atoms with Gasteiger partial charge in [0.15, 0.2) is 5.82 Å². The van der Waals surface area contributed by atoms with Crippen molar-refractivity contribution in [3.8, 4) is 0 Å². The van der Waals surface area contributed by atoms with Gasteiger partial charge in [-0.2, -0.15) is 4.98 Å². The number of carbonyl (C=O) groups is 1. The van der Waals surface area contributed by atoms with Crippen molar-refractivity contribution >= 4 is 5.91 Å². The summed E-state index contributed by atoms with van der Waals surface area (Å²) >= 11 is 0. The second-order valence-corrected chi connectivity index (χ2v) is 7.74. The third kappa shape index (κ3) is 4.24. The Bertz CT molecular complexity index is 763. The molecule has 7 heteroatoms. The fourth-order valence-electron chi connectivity index (χ4n) is 4.14. The fourth-order valence-corrected chi connectivity index (χ4v) is 4.14. The van der Waals surface area contributed by atoms with Crippen LogP contribution < -0.4 is 0 Å². The number of hydrogen-bond acceptors (Lipinski definition) is 5. The summed E-state index contributed by atoms with van der Waals surface area (Å²) in [4.78, 5) is 19.3. The summed E-state index contributed by atoms with van der Waals surface area (Å²) in [6.07, 6.45) is 7.84. The molecule has 0 N–H and O–H groups in total. The number of carbonyl (C=O) groups excluding carboxylic acids is 1. The van der Waals surface area contributed by atoms with Gasteiger partial charge in [-0.1, -0.05) is 5.16 Å². The predicted octanol–water partition coefficient (Wildman–Crippen LogP) is 2.79. The molecule has 2 aromatic rings. The smallest absolute Gasteiger partial charge is 0.270 e. The van der Waals surface area contributed by atoms with Crippen LogP contribution in [0.15, 0.2) is 22.9 Å². The molecule has 0 saturated carbocycles. The van der Waals surface area contributed by atoms with Gasteiger partial charge in [0.1, 0.15) is 5.69 Å². The summed E-state index contributed by atoms with van der Waals surface area (Å²) in [7, 11) is 1.92. The molecule has 0 aliphatic carbocycles. The van der Waals surface area contributed by atoms with E-state index >= 15 is 0 Å². The first-order chi connectivity index (χ1) is 13.2. The van der Waals surface area contributed by atoms with Gasteiger partial charge in [0.2, 0.25) is 5.89 Å².